The normalized spacial score (nSPS) is 28.2. The number of nitrogens with one attached hydrogen (secondary N) is 1. The first-order valence-electron chi connectivity index (χ1n) is 8.82. The van der Waals surface area contributed by atoms with Gasteiger partial charge in [-0.05, 0) is 57.3 Å². The highest BCUT2D eigenvalue weighted by Gasteiger charge is 2.32. The van der Waals surface area contributed by atoms with Crippen LogP contribution in [0.4, 0.5) is 5.82 Å². The first-order chi connectivity index (χ1) is 11.2. The van der Waals surface area contributed by atoms with Gasteiger partial charge in [-0.1, -0.05) is 6.07 Å². The van der Waals surface area contributed by atoms with Crippen molar-refractivity contribution in [2.24, 2.45) is 5.92 Å². The molecule has 0 aromatic carbocycles. The second kappa shape index (κ2) is 6.21. The van der Waals surface area contributed by atoms with Gasteiger partial charge in [0.2, 0.25) is 5.91 Å². The number of hydrogen-bond donors (Lipinski definition) is 1. The molecule has 4 rings (SSSR count). The highest BCUT2D eigenvalue weighted by atomic mass is 16.5. The number of nitrogens with zero attached hydrogens (tertiary/aromatic N) is 2. The molecule has 2 atom stereocenters. The van der Waals surface area contributed by atoms with E-state index in [2.05, 4.69) is 23.3 Å². The third-order valence-corrected chi connectivity index (χ3v) is 5.36. The first kappa shape index (κ1) is 15.1. The molecule has 2 aliphatic heterocycles. The molecule has 1 aliphatic carbocycles. The second-order valence-electron chi connectivity index (χ2n) is 7.13. The number of likely N-dealkylation sites (tertiary alicyclic amines) is 1. The molecule has 1 amide bonds. The van der Waals surface area contributed by atoms with Gasteiger partial charge in [0, 0.05) is 18.4 Å². The fraction of sp³-hybridized carbons (Fsp3) is 0.667. The van der Waals surface area contributed by atoms with Gasteiger partial charge in [-0.25, -0.2) is 4.98 Å². The lowest BCUT2D eigenvalue weighted by molar-refractivity contribution is -0.117. The predicted octanol–water partition coefficient (Wildman–Crippen LogP) is 2.70. The quantitative estimate of drug-likeness (QED) is 0.928. The van der Waals surface area contributed by atoms with Gasteiger partial charge in [-0.3, -0.25) is 9.69 Å². The van der Waals surface area contributed by atoms with E-state index in [1.165, 1.54) is 12.0 Å². The molecule has 1 N–H and O–H groups in total. The van der Waals surface area contributed by atoms with E-state index >= 15 is 0 Å². The summed E-state index contributed by atoms with van der Waals surface area (Å²) in [5.74, 6) is 1.48. The fourth-order valence-corrected chi connectivity index (χ4v) is 3.78. The Bertz CT molecular complexity index is 594. The second-order valence-corrected chi connectivity index (χ2v) is 7.13. The van der Waals surface area contributed by atoms with Crippen molar-refractivity contribution in [3.63, 3.8) is 0 Å². The van der Waals surface area contributed by atoms with Crippen molar-refractivity contribution in [2.45, 2.75) is 44.1 Å². The van der Waals surface area contributed by atoms with Crippen LogP contribution < -0.4 is 5.32 Å². The maximum atomic E-state index is 12.0. The number of amides is 1. The molecule has 1 saturated carbocycles. The Labute approximate surface area is 137 Å². The van der Waals surface area contributed by atoms with Crippen molar-refractivity contribution in [3.05, 3.63) is 23.4 Å². The van der Waals surface area contributed by atoms with Gasteiger partial charge < -0.3 is 10.1 Å². The van der Waals surface area contributed by atoms with E-state index in [4.69, 9.17) is 9.72 Å². The fourth-order valence-electron chi connectivity index (χ4n) is 3.78. The monoisotopic (exact) mass is 315 g/mol. The Morgan fingerprint density at radius 1 is 1.30 bits per heavy atom. The van der Waals surface area contributed by atoms with Gasteiger partial charge in [0.1, 0.15) is 5.82 Å². The summed E-state index contributed by atoms with van der Waals surface area (Å²) in [7, 11) is 2.17. The minimum atomic E-state index is 0.125. The lowest BCUT2D eigenvalue weighted by Crippen LogP contribution is -2.22. The van der Waals surface area contributed by atoms with Crippen molar-refractivity contribution >= 4 is 11.7 Å². The van der Waals surface area contributed by atoms with E-state index in [0.29, 0.717) is 17.8 Å². The van der Waals surface area contributed by atoms with Crippen molar-refractivity contribution < 1.29 is 9.53 Å². The maximum absolute atomic E-state index is 12.0. The lowest BCUT2D eigenvalue weighted by atomic mass is 9.93. The standard InChI is InChI=1S/C18H25N3O2/c1-21-9-2-3-15(21)17-14(13-8-10-23-11-13)6-7-16(19-17)20-18(22)12-4-5-12/h6-7,12-13,15H,2-5,8-11H2,1H3,(H,19,20,22)/t13?,15-/m0/s1. The van der Waals surface area contributed by atoms with Gasteiger partial charge in [-0.15, -0.1) is 0 Å². The zero-order valence-electron chi connectivity index (χ0n) is 13.8. The number of carbonyl (C=O) groups is 1. The summed E-state index contributed by atoms with van der Waals surface area (Å²) >= 11 is 0. The molecule has 23 heavy (non-hydrogen) atoms. The smallest absolute Gasteiger partial charge is 0.228 e. The molecule has 0 radical (unpaired) electrons. The van der Waals surface area contributed by atoms with Crippen LogP contribution in [0.1, 0.15) is 55.3 Å². The zero-order chi connectivity index (χ0) is 15.8. The Hall–Kier alpha value is -1.46. The van der Waals surface area contributed by atoms with E-state index in [1.54, 1.807) is 0 Å². The van der Waals surface area contributed by atoms with Crippen LogP contribution in [0.25, 0.3) is 0 Å². The highest BCUT2D eigenvalue weighted by molar-refractivity contribution is 5.93. The highest BCUT2D eigenvalue weighted by Crippen LogP contribution is 2.37. The zero-order valence-corrected chi connectivity index (χ0v) is 13.8. The maximum Gasteiger partial charge on any atom is 0.228 e. The van der Waals surface area contributed by atoms with Gasteiger partial charge in [-0.2, -0.15) is 0 Å². The molecule has 1 aromatic heterocycles. The third kappa shape index (κ3) is 3.12. The van der Waals surface area contributed by atoms with Gasteiger partial charge in [0.15, 0.2) is 0 Å². The molecule has 5 nitrogen and oxygen atoms in total. The summed E-state index contributed by atoms with van der Waals surface area (Å²) in [6.45, 7) is 2.75. The molecule has 3 aliphatic rings. The van der Waals surface area contributed by atoms with Crippen LogP contribution in [0, 0.1) is 5.92 Å². The largest absolute Gasteiger partial charge is 0.381 e. The SMILES string of the molecule is CN1CCC[C@H]1c1nc(NC(=O)C2CC2)ccc1C1CCOC1. The molecule has 0 spiro atoms. The molecule has 124 valence electrons. The molecule has 1 aromatic rings. The molecule has 0 bridgehead atoms. The van der Waals surface area contributed by atoms with Crippen LogP contribution in [0.15, 0.2) is 12.1 Å². The Morgan fingerprint density at radius 2 is 2.17 bits per heavy atom. The number of aromatic nitrogens is 1. The Kier molecular flexibility index (Phi) is 4.07. The van der Waals surface area contributed by atoms with E-state index in [-0.39, 0.29) is 11.8 Å². The van der Waals surface area contributed by atoms with Crippen molar-refractivity contribution in [1.29, 1.82) is 0 Å². The molecule has 2 saturated heterocycles. The van der Waals surface area contributed by atoms with Crippen LogP contribution in [-0.2, 0) is 9.53 Å². The molecular weight excluding hydrogens is 290 g/mol. The lowest BCUT2D eigenvalue weighted by Gasteiger charge is -2.24. The van der Waals surface area contributed by atoms with Crippen LogP contribution in [-0.4, -0.2) is 42.6 Å². The average molecular weight is 315 g/mol. The molecular formula is C18H25N3O2. The minimum absolute atomic E-state index is 0.125. The number of anilines is 1. The van der Waals surface area contributed by atoms with Crippen LogP contribution in [0.3, 0.4) is 0 Å². The Balaban J connectivity index is 1.63. The number of rotatable bonds is 4. The predicted molar refractivity (Wildman–Crippen MR) is 88.4 cm³/mol. The molecule has 5 heteroatoms. The van der Waals surface area contributed by atoms with E-state index in [1.807, 2.05) is 6.07 Å². The van der Waals surface area contributed by atoms with Gasteiger partial charge in [0.25, 0.3) is 0 Å². The summed E-state index contributed by atoms with van der Waals surface area (Å²) < 4.78 is 5.58. The summed E-state index contributed by atoms with van der Waals surface area (Å²) in [6, 6.07) is 4.49. The van der Waals surface area contributed by atoms with Crippen LogP contribution in [0.5, 0.6) is 0 Å². The van der Waals surface area contributed by atoms with Crippen LogP contribution in [0.2, 0.25) is 0 Å². The van der Waals surface area contributed by atoms with Crippen LogP contribution >= 0.6 is 0 Å². The summed E-state index contributed by atoms with van der Waals surface area (Å²) in [6.07, 6.45) is 5.45. The first-order valence-corrected chi connectivity index (χ1v) is 8.82. The van der Waals surface area contributed by atoms with E-state index < -0.39 is 0 Å². The van der Waals surface area contributed by atoms with Gasteiger partial charge in [0.05, 0.1) is 18.3 Å². The van der Waals surface area contributed by atoms with Gasteiger partial charge >= 0.3 is 0 Å². The van der Waals surface area contributed by atoms with Crippen molar-refractivity contribution in [2.75, 3.05) is 32.1 Å². The summed E-state index contributed by atoms with van der Waals surface area (Å²) in [5, 5.41) is 3.00. The molecule has 1 unspecified atom stereocenters. The van der Waals surface area contributed by atoms with E-state index in [0.717, 1.165) is 51.1 Å². The Morgan fingerprint density at radius 3 is 2.83 bits per heavy atom. The number of hydrogen-bond acceptors (Lipinski definition) is 4. The number of carbonyl (C=O) groups excluding carboxylic acids is 1. The van der Waals surface area contributed by atoms with Crippen molar-refractivity contribution in [1.82, 2.24) is 9.88 Å². The number of pyridine rings is 1. The summed E-state index contributed by atoms with van der Waals surface area (Å²) in [4.78, 5) is 19.3. The minimum Gasteiger partial charge on any atom is -0.381 e. The van der Waals surface area contributed by atoms with E-state index in [9.17, 15) is 4.79 Å². The van der Waals surface area contributed by atoms with Crippen molar-refractivity contribution in [3.8, 4) is 0 Å². The molecule has 3 fully saturated rings. The number of ether oxygens (including phenoxy) is 1. The molecule has 3 heterocycles. The third-order valence-electron chi connectivity index (χ3n) is 5.36. The summed E-state index contributed by atoms with van der Waals surface area (Å²) in [5.41, 5.74) is 2.46. The topological polar surface area (TPSA) is 54.5 Å². The average Bonchev–Trinajstić information content (AvgIpc) is 3.09.